The van der Waals surface area contributed by atoms with E-state index in [1.54, 1.807) is 11.3 Å². The summed E-state index contributed by atoms with van der Waals surface area (Å²) in [5.74, 6) is 0. The molecular formula is C12H17N3S. The summed E-state index contributed by atoms with van der Waals surface area (Å²) in [5.41, 5.74) is 6.76. The lowest BCUT2D eigenvalue weighted by Gasteiger charge is -2.05. The minimum absolute atomic E-state index is 0.218. The molecule has 0 fully saturated rings. The number of nitrogens with one attached hydrogen (secondary N) is 1. The zero-order valence-electron chi connectivity index (χ0n) is 9.44. The maximum absolute atomic E-state index is 5.66. The fourth-order valence-electron chi connectivity index (χ4n) is 1.55. The first kappa shape index (κ1) is 11.5. The number of aromatic nitrogens is 1. The fourth-order valence-corrected chi connectivity index (χ4v) is 2.52. The second-order valence-corrected chi connectivity index (χ2v) is 5.12. The molecule has 0 radical (unpaired) electrons. The molecule has 0 saturated carbocycles. The van der Waals surface area contributed by atoms with E-state index in [1.165, 1.54) is 9.71 Å². The lowest BCUT2D eigenvalue weighted by Crippen LogP contribution is -2.32. The lowest BCUT2D eigenvalue weighted by atomic mass is 10.3. The highest BCUT2D eigenvalue weighted by Crippen LogP contribution is 2.21. The molecule has 1 atom stereocenters. The number of para-hydroxylation sites is 1. The van der Waals surface area contributed by atoms with Crippen molar-refractivity contribution in [3.63, 3.8) is 0 Å². The smallest absolute Gasteiger partial charge is 0.0951 e. The molecule has 2 aromatic rings. The van der Waals surface area contributed by atoms with E-state index >= 15 is 0 Å². The van der Waals surface area contributed by atoms with Gasteiger partial charge in [-0.2, -0.15) is 0 Å². The zero-order chi connectivity index (χ0) is 11.4. The van der Waals surface area contributed by atoms with Gasteiger partial charge in [-0.1, -0.05) is 12.1 Å². The maximum atomic E-state index is 5.66. The quantitative estimate of drug-likeness (QED) is 0.777. The van der Waals surface area contributed by atoms with Gasteiger partial charge in [0.05, 0.1) is 15.2 Å². The molecule has 86 valence electrons. The SMILES string of the molecule is CC(N)CNCCc1nc2ccccc2s1. The molecule has 3 N–H and O–H groups in total. The van der Waals surface area contributed by atoms with E-state index < -0.39 is 0 Å². The van der Waals surface area contributed by atoms with E-state index in [9.17, 15) is 0 Å². The van der Waals surface area contributed by atoms with Gasteiger partial charge in [-0.25, -0.2) is 4.98 Å². The van der Waals surface area contributed by atoms with Crippen LogP contribution >= 0.6 is 11.3 Å². The number of nitrogens with zero attached hydrogens (tertiary/aromatic N) is 1. The van der Waals surface area contributed by atoms with Crippen molar-refractivity contribution in [1.82, 2.24) is 10.3 Å². The predicted molar refractivity (Wildman–Crippen MR) is 69.8 cm³/mol. The second kappa shape index (κ2) is 5.39. The highest BCUT2D eigenvalue weighted by atomic mass is 32.1. The molecule has 1 unspecified atom stereocenters. The van der Waals surface area contributed by atoms with Gasteiger partial charge >= 0.3 is 0 Å². The Morgan fingerprint density at radius 3 is 3.00 bits per heavy atom. The summed E-state index contributed by atoms with van der Waals surface area (Å²) in [4.78, 5) is 4.58. The molecular weight excluding hydrogens is 218 g/mol. The Balaban J connectivity index is 1.89. The molecule has 0 aliphatic rings. The van der Waals surface area contributed by atoms with Gasteiger partial charge < -0.3 is 11.1 Å². The van der Waals surface area contributed by atoms with Gasteiger partial charge in [0.2, 0.25) is 0 Å². The van der Waals surface area contributed by atoms with Crippen molar-refractivity contribution in [2.24, 2.45) is 5.73 Å². The largest absolute Gasteiger partial charge is 0.327 e. The van der Waals surface area contributed by atoms with Crippen LogP contribution in [-0.2, 0) is 6.42 Å². The number of hydrogen-bond acceptors (Lipinski definition) is 4. The number of benzene rings is 1. The minimum atomic E-state index is 0.218. The van der Waals surface area contributed by atoms with Crippen LogP contribution in [-0.4, -0.2) is 24.1 Å². The van der Waals surface area contributed by atoms with Crippen LogP contribution in [0.25, 0.3) is 10.2 Å². The maximum Gasteiger partial charge on any atom is 0.0951 e. The van der Waals surface area contributed by atoms with Crippen molar-refractivity contribution in [2.75, 3.05) is 13.1 Å². The van der Waals surface area contributed by atoms with Crippen LogP contribution in [0, 0.1) is 0 Å². The topological polar surface area (TPSA) is 50.9 Å². The Hall–Kier alpha value is -0.970. The van der Waals surface area contributed by atoms with E-state index in [4.69, 9.17) is 5.73 Å². The van der Waals surface area contributed by atoms with Crippen molar-refractivity contribution in [3.8, 4) is 0 Å². The van der Waals surface area contributed by atoms with E-state index in [0.717, 1.165) is 25.0 Å². The molecule has 0 bridgehead atoms. The molecule has 1 aromatic carbocycles. The first-order valence-electron chi connectivity index (χ1n) is 5.56. The van der Waals surface area contributed by atoms with Gasteiger partial charge in [-0.15, -0.1) is 11.3 Å². The Bertz CT molecular complexity index is 417. The van der Waals surface area contributed by atoms with Crippen LogP contribution < -0.4 is 11.1 Å². The van der Waals surface area contributed by atoms with Crippen molar-refractivity contribution in [1.29, 1.82) is 0 Å². The summed E-state index contributed by atoms with van der Waals surface area (Å²) < 4.78 is 1.27. The van der Waals surface area contributed by atoms with Gasteiger partial charge in [0.1, 0.15) is 0 Å². The molecule has 1 heterocycles. The van der Waals surface area contributed by atoms with E-state index in [0.29, 0.717) is 0 Å². The minimum Gasteiger partial charge on any atom is -0.327 e. The van der Waals surface area contributed by atoms with Gasteiger partial charge in [0.15, 0.2) is 0 Å². The summed E-state index contributed by atoms with van der Waals surface area (Å²) in [7, 11) is 0. The highest BCUT2D eigenvalue weighted by Gasteiger charge is 2.02. The average Bonchev–Trinajstić information content (AvgIpc) is 2.66. The van der Waals surface area contributed by atoms with Crippen LogP contribution in [0.1, 0.15) is 11.9 Å². The molecule has 0 spiro atoms. The summed E-state index contributed by atoms with van der Waals surface area (Å²) in [5, 5.41) is 4.51. The first-order valence-corrected chi connectivity index (χ1v) is 6.38. The third-order valence-electron chi connectivity index (χ3n) is 2.32. The third-order valence-corrected chi connectivity index (χ3v) is 3.42. The molecule has 0 amide bonds. The predicted octanol–water partition coefficient (Wildman–Crippen LogP) is 1.78. The third kappa shape index (κ3) is 3.01. The van der Waals surface area contributed by atoms with Crippen LogP contribution in [0.15, 0.2) is 24.3 Å². The molecule has 2 rings (SSSR count). The van der Waals surface area contributed by atoms with Crippen molar-refractivity contribution < 1.29 is 0 Å². The van der Waals surface area contributed by atoms with E-state index in [-0.39, 0.29) is 6.04 Å². The molecule has 0 aliphatic carbocycles. The molecule has 16 heavy (non-hydrogen) atoms. The number of nitrogens with two attached hydrogens (primary N) is 1. The molecule has 4 heteroatoms. The Morgan fingerprint density at radius 2 is 2.25 bits per heavy atom. The number of rotatable bonds is 5. The highest BCUT2D eigenvalue weighted by molar-refractivity contribution is 7.18. The Morgan fingerprint density at radius 1 is 1.44 bits per heavy atom. The fraction of sp³-hybridized carbons (Fsp3) is 0.417. The van der Waals surface area contributed by atoms with Crippen LogP contribution in [0.4, 0.5) is 0 Å². The zero-order valence-corrected chi connectivity index (χ0v) is 10.3. The van der Waals surface area contributed by atoms with Crippen LogP contribution in [0.2, 0.25) is 0 Å². The number of thiazole rings is 1. The number of hydrogen-bond donors (Lipinski definition) is 2. The van der Waals surface area contributed by atoms with Gasteiger partial charge in [0, 0.05) is 25.6 Å². The van der Waals surface area contributed by atoms with E-state index in [1.807, 2.05) is 13.0 Å². The molecule has 0 aliphatic heterocycles. The van der Waals surface area contributed by atoms with Crippen LogP contribution in [0.3, 0.4) is 0 Å². The summed E-state index contributed by atoms with van der Waals surface area (Å²) >= 11 is 1.77. The monoisotopic (exact) mass is 235 g/mol. The standard InChI is InChI=1S/C12H17N3S/c1-9(13)8-14-7-6-12-15-10-4-2-3-5-11(10)16-12/h2-5,9,14H,6-8,13H2,1H3. The Kier molecular flexibility index (Phi) is 3.88. The van der Waals surface area contributed by atoms with Crippen molar-refractivity contribution >= 4 is 21.6 Å². The molecule has 0 saturated heterocycles. The number of fused-ring (bicyclic) bond motifs is 1. The van der Waals surface area contributed by atoms with E-state index in [2.05, 4.69) is 28.5 Å². The van der Waals surface area contributed by atoms with Gasteiger partial charge in [-0.3, -0.25) is 0 Å². The summed E-state index contributed by atoms with van der Waals surface area (Å²) in [6.45, 7) is 3.82. The van der Waals surface area contributed by atoms with Crippen molar-refractivity contribution in [3.05, 3.63) is 29.3 Å². The molecule has 1 aromatic heterocycles. The lowest BCUT2D eigenvalue weighted by molar-refractivity contribution is 0.608. The van der Waals surface area contributed by atoms with Crippen molar-refractivity contribution in [2.45, 2.75) is 19.4 Å². The average molecular weight is 235 g/mol. The normalized spacial score (nSPS) is 13.1. The second-order valence-electron chi connectivity index (χ2n) is 4.01. The van der Waals surface area contributed by atoms with Gasteiger partial charge in [-0.05, 0) is 19.1 Å². The molecule has 3 nitrogen and oxygen atoms in total. The summed E-state index contributed by atoms with van der Waals surface area (Å²) in [6, 6.07) is 8.48. The van der Waals surface area contributed by atoms with Gasteiger partial charge in [0.25, 0.3) is 0 Å². The Labute approximate surface area is 99.7 Å². The first-order chi connectivity index (χ1) is 7.75. The van der Waals surface area contributed by atoms with Crippen LogP contribution in [0.5, 0.6) is 0 Å². The summed E-state index contributed by atoms with van der Waals surface area (Å²) in [6.07, 6.45) is 0.978.